The number of carbonyl (C=O) groups is 2. The van der Waals surface area contributed by atoms with Crippen molar-refractivity contribution in [1.82, 2.24) is 15.2 Å². The van der Waals surface area contributed by atoms with Crippen molar-refractivity contribution in [3.05, 3.63) is 41.6 Å². The summed E-state index contributed by atoms with van der Waals surface area (Å²) in [6.07, 6.45) is 0. The molecule has 1 aromatic carbocycles. The summed E-state index contributed by atoms with van der Waals surface area (Å²) in [5.74, 6) is -1.22. The number of hydrogen-bond donors (Lipinski definition) is 1. The highest BCUT2D eigenvalue weighted by atomic mass is 16.6. The molecule has 0 spiro atoms. The molecule has 2 N–H and O–H groups in total. The molecule has 0 radical (unpaired) electrons. The van der Waals surface area contributed by atoms with E-state index in [2.05, 4.69) is 19.7 Å². The molecule has 21 heavy (non-hydrogen) atoms. The van der Waals surface area contributed by atoms with Gasteiger partial charge in [-0.1, -0.05) is 30.3 Å². The Hall–Kier alpha value is -2.90. The van der Waals surface area contributed by atoms with E-state index < -0.39 is 11.9 Å². The van der Waals surface area contributed by atoms with Crippen molar-refractivity contribution < 1.29 is 19.0 Å². The maximum atomic E-state index is 12.4. The van der Waals surface area contributed by atoms with Crippen LogP contribution >= 0.6 is 0 Å². The first-order valence-electron chi connectivity index (χ1n) is 6.10. The van der Waals surface area contributed by atoms with Gasteiger partial charge < -0.3 is 15.4 Å². The summed E-state index contributed by atoms with van der Waals surface area (Å²) in [6.45, 7) is -0.0163. The Kier molecular flexibility index (Phi) is 4.50. The summed E-state index contributed by atoms with van der Waals surface area (Å²) in [7, 11) is 1.25. The molecular weight excluding hydrogens is 276 g/mol. The number of anilines is 1. The summed E-state index contributed by atoms with van der Waals surface area (Å²) in [5, 5.41) is 6.81. The quantitative estimate of drug-likeness (QED) is 0.796. The Balaban J connectivity index is 2.21. The maximum Gasteiger partial charge on any atom is 0.325 e. The zero-order valence-corrected chi connectivity index (χ0v) is 11.4. The number of nitrogens with two attached hydrogens (primary N) is 1. The lowest BCUT2D eigenvalue weighted by molar-refractivity contribution is -0.141. The Labute approximate surface area is 120 Å². The second kappa shape index (κ2) is 6.51. The summed E-state index contributed by atoms with van der Waals surface area (Å²) >= 11 is 0. The van der Waals surface area contributed by atoms with Gasteiger partial charge in [-0.2, -0.15) is 0 Å². The number of esters is 1. The Morgan fingerprint density at radius 1 is 1.29 bits per heavy atom. The standard InChI is InChI=1S/C13H14N4O4/c1-20-10(18)8-17(7-9-5-3-2-4-6-9)13(19)11-12(14)16-21-15-11/h2-6H,7-8H2,1H3,(H2,14,16). The minimum absolute atomic E-state index is 0.122. The van der Waals surface area contributed by atoms with Gasteiger partial charge in [-0.25, -0.2) is 4.63 Å². The highest BCUT2D eigenvalue weighted by Crippen LogP contribution is 2.12. The molecule has 8 nitrogen and oxygen atoms in total. The number of nitrogen functional groups attached to an aromatic ring is 1. The largest absolute Gasteiger partial charge is 0.468 e. The molecule has 0 aliphatic rings. The lowest BCUT2D eigenvalue weighted by atomic mass is 10.2. The summed E-state index contributed by atoms with van der Waals surface area (Å²) < 4.78 is 9.00. The van der Waals surface area contributed by atoms with Crippen molar-refractivity contribution in [2.75, 3.05) is 19.4 Å². The number of ether oxygens (including phenoxy) is 1. The van der Waals surface area contributed by atoms with Gasteiger partial charge in [0.05, 0.1) is 7.11 Å². The fourth-order valence-electron chi connectivity index (χ4n) is 1.72. The fourth-order valence-corrected chi connectivity index (χ4v) is 1.72. The van der Waals surface area contributed by atoms with Crippen molar-refractivity contribution in [2.24, 2.45) is 0 Å². The van der Waals surface area contributed by atoms with E-state index >= 15 is 0 Å². The monoisotopic (exact) mass is 290 g/mol. The van der Waals surface area contributed by atoms with Crippen molar-refractivity contribution in [3.8, 4) is 0 Å². The summed E-state index contributed by atoms with van der Waals surface area (Å²) in [4.78, 5) is 25.1. The number of methoxy groups -OCH3 is 1. The first-order chi connectivity index (χ1) is 10.1. The van der Waals surface area contributed by atoms with E-state index in [0.717, 1.165) is 5.56 Å². The van der Waals surface area contributed by atoms with E-state index in [1.165, 1.54) is 12.0 Å². The van der Waals surface area contributed by atoms with Crippen LogP contribution in [0, 0.1) is 0 Å². The topological polar surface area (TPSA) is 112 Å². The van der Waals surface area contributed by atoms with Crippen LogP contribution in [0.5, 0.6) is 0 Å². The highest BCUT2D eigenvalue weighted by Gasteiger charge is 2.25. The van der Waals surface area contributed by atoms with Gasteiger partial charge in [0.15, 0.2) is 0 Å². The minimum Gasteiger partial charge on any atom is -0.468 e. The molecule has 0 aliphatic carbocycles. The van der Waals surface area contributed by atoms with Gasteiger partial charge in [0.1, 0.15) is 6.54 Å². The van der Waals surface area contributed by atoms with Crippen LogP contribution in [0.1, 0.15) is 16.1 Å². The number of nitrogens with zero attached hydrogens (tertiary/aromatic N) is 3. The van der Waals surface area contributed by atoms with Gasteiger partial charge >= 0.3 is 5.97 Å². The molecule has 1 heterocycles. The molecular formula is C13H14N4O4. The average Bonchev–Trinajstić information content (AvgIpc) is 2.93. The molecule has 0 fully saturated rings. The molecule has 2 rings (SSSR count). The zero-order valence-electron chi connectivity index (χ0n) is 11.4. The molecule has 8 heteroatoms. The summed E-state index contributed by atoms with van der Waals surface area (Å²) in [5.41, 5.74) is 6.23. The Bertz CT molecular complexity index is 626. The van der Waals surface area contributed by atoms with E-state index in [1.54, 1.807) is 0 Å². The smallest absolute Gasteiger partial charge is 0.325 e. The van der Waals surface area contributed by atoms with Crippen molar-refractivity contribution in [3.63, 3.8) is 0 Å². The molecule has 1 amide bonds. The third-order valence-corrected chi connectivity index (χ3v) is 2.77. The third-order valence-electron chi connectivity index (χ3n) is 2.77. The SMILES string of the molecule is COC(=O)CN(Cc1ccccc1)C(=O)c1nonc1N. The second-order valence-electron chi connectivity index (χ2n) is 4.22. The maximum absolute atomic E-state index is 12.4. The molecule has 0 aliphatic heterocycles. The zero-order chi connectivity index (χ0) is 15.2. The van der Waals surface area contributed by atoms with E-state index in [1.807, 2.05) is 30.3 Å². The second-order valence-corrected chi connectivity index (χ2v) is 4.22. The molecule has 0 saturated carbocycles. The molecule has 0 saturated heterocycles. The van der Waals surface area contributed by atoms with Crippen LogP contribution in [0.4, 0.5) is 5.82 Å². The van der Waals surface area contributed by atoms with Gasteiger partial charge in [-0.3, -0.25) is 9.59 Å². The fraction of sp³-hybridized carbons (Fsp3) is 0.231. The molecule has 110 valence electrons. The van der Waals surface area contributed by atoms with Crippen molar-refractivity contribution in [2.45, 2.75) is 6.54 Å². The lowest BCUT2D eigenvalue weighted by Crippen LogP contribution is -2.36. The van der Waals surface area contributed by atoms with Crippen LogP contribution in [-0.2, 0) is 16.1 Å². The first kappa shape index (κ1) is 14.5. The predicted molar refractivity (Wildman–Crippen MR) is 71.9 cm³/mol. The number of rotatable bonds is 5. The minimum atomic E-state index is -0.553. The molecule has 2 aromatic rings. The Morgan fingerprint density at radius 2 is 2.00 bits per heavy atom. The predicted octanol–water partition coefficient (Wildman–Crippen LogP) is 0.467. The van der Waals surface area contributed by atoms with Crippen LogP contribution < -0.4 is 5.73 Å². The number of benzene rings is 1. The molecule has 0 atom stereocenters. The van der Waals surface area contributed by atoms with Crippen molar-refractivity contribution in [1.29, 1.82) is 0 Å². The molecule has 1 aromatic heterocycles. The van der Waals surface area contributed by atoms with E-state index in [4.69, 9.17) is 5.73 Å². The van der Waals surface area contributed by atoms with Gasteiger partial charge in [-0.05, 0) is 15.9 Å². The van der Waals surface area contributed by atoms with E-state index in [0.29, 0.717) is 0 Å². The van der Waals surface area contributed by atoms with E-state index in [-0.39, 0.29) is 24.6 Å². The van der Waals surface area contributed by atoms with E-state index in [9.17, 15) is 9.59 Å². The average molecular weight is 290 g/mol. The van der Waals surface area contributed by atoms with Crippen molar-refractivity contribution >= 4 is 17.7 Å². The molecule has 0 unspecified atom stereocenters. The number of aromatic nitrogens is 2. The van der Waals surface area contributed by atoms with Crippen LogP contribution in [-0.4, -0.2) is 40.7 Å². The Morgan fingerprint density at radius 3 is 2.57 bits per heavy atom. The van der Waals surface area contributed by atoms with Gasteiger partial charge in [-0.15, -0.1) is 0 Å². The first-order valence-corrected chi connectivity index (χ1v) is 6.10. The molecule has 0 bridgehead atoms. The van der Waals surface area contributed by atoms with Gasteiger partial charge in [0, 0.05) is 6.54 Å². The van der Waals surface area contributed by atoms with Gasteiger partial charge in [0.25, 0.3) is 5.91 Å². The number of carbonyl (C=O) groups excluding carboxylic acids is 2. The number of hydrogen-bond acceptors (Lipinski definition) is 7. The van der Waals surface area contributed by atoms with Crippen LogP contribution in [0.25, 0.3) is 0 Å². The summed E-state index contributed by atoms with van der Waals surface area (Å²) in [6, 6.07) is 9.20. The highest BCUT2D eigenvalue weighted by molar-refractivity contribution is 5.97. The van der Waals surface area contributed by atoms with Gasteiger partial charge in [0.2, 0.25) is 11.5 Å². The number of amides is 1. The van der Waals surface area contributed by atoms with Crippen LogP contribution in [0.2, 0.25) is 0 Å². The normalized spacial score (nSPS) is 10.1. The lowest BCUT2D eigenvalue weighted by Gasteiger charge is -2.20. The van der Waals surface area contributed by atoms with Crippen LogP contribution in [0.3, 0.4) is 0 Å². The van der Waals surface area contributed by atoms with Crippen LogP contribution in [0.15, 0.2) is 35.0 Å². The third kappa shape index (κ3) is 3.56.